The molecule has 0 unspecified atom stereocenters. The van der Waals surface area contributed by atoms with Gasteiger partial charge in [0.25, 0.3) is 5.91 Å². The Balaban J connectivity index is 1.51. The highest BCUT2D eigenvalue weighted by atomic mass is 16.5. The third-order valence-electron chi connectivity index (χ3n) is 4.85. The molecule has 29 heavy (non-hydrogen) atoms. The Kier molecular flexibility index (Phi) is 4.75. The molecule has 2 heterocycles. The van der Waals surface area contributed by atoms with Crippen LogP contribution in [0.4, 0.5) is 11.6 Å². The van der Waals surface area contributed by atoms with E-state index in [1.807, 2.05) is 56.3 Å². The van der Waals surface area contributed by atoms with Crippen molar-refractivity contribution >= 4 is 23.5 Å². The molecule has 0 saturated carbocycles. The molecular formula is C21H21N5O3. The lowest BCUT2D eigenvalue weighted by Crippen LogP contribution is -2.24. The normalized spacial score (nSPS) is 15.0. The minimum absolute atomic E-state index is 0.0302. The summed E-state index contributed by atoms with van der Waals surface area (Å²) in [5, 5.41) is 10.0. The summed E-state index contributed by atoms with van der Waals surface area (Å²) in [7, 11) is 1.60. The Hall–Kier alpha value is -3.68. The van der Waals surface area contributed by atoms with Crippen LogP contribution < -0.4 is 15.4 Å². The summed E-state index contributed by atoms with van der Waals surface area (Å²) in [6.45, 7) is 3.93. The number of hydrogen-bond donors (Lipinski definition) is 2. The number of amides is 2. The molecule has 1 aliphatic heterocycles. The number of benzene rings is 2. The van der Waals surface area contributed by atoms with Crippen LogP contribution in [0.1, 0.15) is 23.6 Å². The zero-order valence-corrected chi connectivity index (χ0v) is 16.4. The van der Waals surface area contributed by atoms with Crippen LogP contribution in [0.2, 0.25) is 0 Å². The summed E-state index contributed by atoms with van der Waals surface area (Å²) in [6.07, 6.45) is -0.0302. The Morgan fingerprint density at radius 1 is 1.21 bits per heavy atom. The third kappa shape index (κ3) is 3.69. The van der Waals surface area contributed by atoms with Crippen LogP contribution in [0.25, 0.3) is 11.4 Å². The standard InChI is InChI=1S/C21H21N5O3/c1-12-4-9-16(13(2)10-12)22-18(27)11-17-20(28)24-21-23-19(25-26(17)21)14-5-7-15(29-3)8-6-14/h4-10,17H,11H2,1-3H3,(H,22,27)(H,23,24,25,28)/t17-/m1/s1. The molecule has 2 aromatic carbocycles. The van der Waals surface area contributed by atoms with Crippen LogP contribution in [-0.4, -0.2) is 33.7 Å². The molecule has 4 rings (SSSR count). The average Bonchev–Trinajstić information content (AvgIpc) is 3.23. The van der Waals surface area contributed by atoms with E-state index in [0.717, 1.165) is 28.1 Å². The van der Waals surface area contributed by atoms with Gasteiger partial charge in [0.2, 0.25) is 11.9 Å². The van der Waals surface area contributed by atoms with Crippen molar-refractivity contribution in [3.63, 3.8) is 0 Å². The lowest BCUT2D eigenvalue weighted by molar-refractivity contribution is -0.123. The highest BCUT2D eigenvalue weighted by Crippen LogP contribution is 2.29. The smallest absolute Gasteiger partial charge is 0.252 e. The van der Waals surface area contributed by atoms with E-state index in [4.69, 9.17) is 4.74 Å². The molecule has 3 aromatic rings. The highest BCUT2D eigenvalue weighted by molar-refractivity contribution is 6.01. The first-order valence-electron chi connectivity index (χ1n) is 9.23. The van der Waals surface area contributed by atoms with E-state index >= 15 is 0 Å². The van der Waals surface area contributed by atoms with E-state index in [9.17, 15) is 9.59 Å². The summed E-state index contributed by atoms with van der Waals surface area (Å²) in [6, 6.07) is 12.4. The molecule has 1 atom stereocenters. The number of anilines is 2. The van der Waals surface area contributed by atoms with Gasteiger partial charge in [-0.15, -0.1) is 5.10 Å². The predicted molar refractivity (Wildman–Crippen MR) is 109 cm³/mol. The minimum atomic E-state index is -0.741. The molecule has 1 aliphatic rings. The van der Waals surface area contributed by atoms with Crippen molar-refractivity contribution in [2.45, 2.75) is 26.3 Å². The van der Waals surface area contributed by atoms with Crippen molar-refractivity contribution in [2.75, 3.05) is 17.7 Å². The van der Waals surface area contributed by atoms with Crippen LogP contribution >= 0.6 is 0 Å². The number of fused-ring (bicyclic) bond motifs is 1. The maximum Gasteiger partial charge on any atom is 0.252 e. The van der Waals surface area contributed by atoms with E-state index in [0.29, 0.717) is 11.8 Å². The molecular weight excluding hydrogens is 370 g/mol. The molecule has 0 radical (unpaired) electrons. The van der Waals surface area contributed by atoms with Gasteiger partial charge in [-0.3, -0.25) is 14.9 Å². The van der Waals surface area contributed by atoms with Crippen molar-refractivity contribution in [3.05, 3.63) is 53.6 Å². The first-order valence-corrected chi connectivity index (χ1v) is 9.23. The zero-order valence-electron chi connectivity index (χ0n) is 16.4. The molecule has 2 N–H and O–H groups in total. The lowest BCUT2D eigenvalue weighted by Gasteiger charge is -2.12. The maximum atomic E-state index is 12.5. The van der Waals surface area contributed by atoms with Crippen molar-refractivity contribution in [1.29, 1.82) is 0 Å². The number of ether oxygens (including phenoxy) is 1. The fourth-order valence-corrected chi connectivity index (χ4v) is 3.30. The van der Waals surface area contributed by atoms with E-state index < -0.39 is 6.04 Å². The summed E-state index contributed by atoms with van der Waals surface area (Å²) < 4.78 is 6.63. The van der Waals surface area contributed by atoms with Gasteiger partial charge < -0.3 is 10.1 Å². The van der Waals surface area contributed by atoms with Crippen LogP contribution in [0.3, 0.4) is 0 Å². The van der Waals surface area contributed by atoms with Gasteiger partial charge in [0.15, 0.2) is 5.82 Å². The Labute approximate surface area is 167 Å². The van der Waals surface area contributed by atoms with E-state index in [2.05, 4.69) is 20.7 Å². The molecule has 0 spiro atoms. The maximum absolute atomic E-state index is 12.5. The summed E-state index contributed by atoms with van der Waals surface area (Å²) in [5.74, 6) is 0.992. The van der Waals surface area contributed by atoms with Crippen LogP contribution in [0, 0.1) is 13.8 Å². The largest absolute Gasteiger partial charge is 0.497 e. The molecule has 8 nitrogen and oxygen atoms in total. The molecule has 2 amide bonds. The fourth-order valence-electron chi connectivity index (χ4n) is 3.30. The number of carbonyl (C=O) groups is 2. The van der Waals surface area contributed by atoms with Crippen molar-refractivity contribution in [3.8, 4) is 17.1 Å². The Morgan fingerprint density at radius 3 is 2.66 bits per heavy atom. The second kappa shape index (κ2) is 7.38. The number of nitrogens with zero attached hydrogens (tertiary/aromatic N) is 3. The van der Waals surface area contributed by atoms with Gasteiger partial charge in [0, 0.05) is 11.3 Å². The van der Waals surface area contributed by atoms with E-state index in [-0.39, 0.29) is 18.2 Å². The third-order valence-corrected chi connectivity index (χ3v) is 4.85. The van der Waals surface area contributed by atoms with E-state index in [1.54, 1.807) is 7.11 Å². The number of methoxy groups -OCH3 is 1. The molecule has 0 saturated heterocycles. The number of hydrogen-bond acceptors (Lipinski definition) is 5. The predicted octanol–water partition coefficient (Wildman–Crippen LogP) is 3.09. The summed E-state index contributed by atoms with van der Waals surface area (Å²) >= 11 is 0. The van der Waals surface area contributed by atoms with Gasteiger partial charge in [0.05, 0.1) is 13.5 Å². The van der Waals surface area contributed by atoms with Crippen LogP contribution in [0.15, 0.2) is 42.5 Å². The first-order chi connectivity index (χ1) is 13.9. The van der Waals surface area contributed by atoms with Gasteiger partial charge in [-0.25, -0.2) is 4.68 Å². The zero-order chi connectivity index (χ0) is 20.5. The van der Waals surface area contributed by atoms with Gasteiger partial charge in [-0.1, -0.05) is 17.7 Å². The van der Waals surface area contributed by atoms with Crippen molar-refractivity contribution in [1.82, 2.24) is 14.8 Å². The average molecular weight is 391 g/mol. The molecule has 0 fully saturated rings. The number of nitrogens with one attached hydrogen (secondary N) is 2. The highest BCUT2D eigenvalue weighted by Gasteiger charge is 2.35. The van der Waals surface area contributed by atoms with Gasteiger partial charge in [0.1, 0.15) is 11.8 Å². The van der Waals surface area contributed by atoms with Crippen LogP contribution in [-0.2, 0) is 9.59 Å². The number of aryl methyl sites for hydroxylation is 2. The fraction of sp³-hybridized carbons (Fsp3) is 0.238. The summed E-state index contributed by atoms with van der Waals surface area (Å²) in [5.41, 5.74) is 3.61. The van der Waals surface area contributed by atoms with Crippen molar-refractivity contribution in [2.24, 2.45) is 0 Å². The Morgan fingerprint density at radius 2 is 1.97 bits per heavy atom. The SMILES string of the molecule is COc1ccc(-c2nc3n(n2)[C@H](CC(=O)Nc2ccc(C)cc2C)C(=O)N3)cc1. The molecule has 0 bridgehead atoms. The molecule has 8 heteroatoms. The molecule has 1 aromatic heterocycles. The molecule has 0 aliphatic carbocycles. The van der Waals surface area contributed by atoms with Gasteiger partial charge >= 0.3 is 0 Å². The summed E-state index contributed by atoms with van der Waals surface area (Å²) in [4.78, 5) is 29.2. The topological polar surface area (TPSA) is 98.1 Å². The van der Waals surface area contributed by atoms with Gasteiger partial charge in [-0.05, 0) is 49.7 Å². The second-order valence-corrected chi connectivity index (χ2v) is 7.01. The monoisotopic (exact) mass is 391 g/mol. The van der Waals surface area contributed by atoms with Crippen molar-refractivity contribution < 1.29 is 14.3 Å². The van der Waals surface area contributed by atoms with Crippen LogP contribution in [0.5, 0.6) is 5.75 Å². The second-order valence-electron chi connectivity index (χ2n) is 7.01. The van der Waals surface area contributed by atoms with Gasteiger partial charge in [-0.2, -0.15) is 4.98 Å². The van der Waals surface area contributed by atoms with E-state index in [1.165, 1.54) is 4.68 Å². The first kappa shape index (κ1) is 18.7. The minimum Gasteiger partial charge on any atom is -0.497 e. The molecule has 148 valence electrons. The lowest BCUT2D eigenvalue weighted by atomic mass is 10.1. The number of rotatable bonds is 5. The number of carbonyl (C=O) groups excluding carboxylic acids is 2. The number of aromatic nitrogens is 3. The Bertz CT molecular complexity index is 1090. The quantitative estimate of drug-likeness (QED) is 0.696.